The predicted molar refractivity (Wildman–Crippen MR) is 95.6 cm³/mol. The molecule has 0 saturated carbocycles. The van der Waals surface area contributed by atoms with Gasteiger partial charge in [0.05, 0.1) is 6.04 Å². The summed E-state index contributed by atoms with van der Waals surface area (Å²) < 4.78 is 1.00. The Morgan fingerprint density at radius 3 is 2.23 bits per heavy atom. The number of carbonyl (C=O) groups excluding carboxylic acids is 1. The van der Waals surface area contributed by atoms with Crippen LogP contribution in [0.5, 0.6) is 0 Å². The fraction of sp³-hybridized carbons (Fsp3) is 0.235. The number of benzene rings is 2. The molecule has 116 valence electrons. The lowest BCUT2D eigenvalue weighted by atomic mass is 10.1. The monoisotopic (exact) mass is 380 g/mol. The van der Waals surface area contributed by atoms with Gasteiger partial charge in [-0.1, -0.05) is 39.7 Å². The Labute approximate surface area is 144 Å². The first-order valence-electron chi connectivity index (χ1n) is 6.96. The first kappa shape index (κ1) is 16.8. The third kappa shape index (κ3) is 4.24. The number of urea groups is 1. The van der Waals surface area contributed by atoms with Crippen LogP contribution in [0.4, 0.5) is 10.5 Å². The molecule has 0 aliphatic heterocycles. The maximum Gasteiger partial charge on any atom is 0.319 e. The first-order valence-corrected chi connectivity index (χ1v) is 8.13. The number of rotatable bonds is 3. The van der Waals surface area contributed by atoms with Crippen molar-refractivity contribution in [2.24, 2.45) is 0 Å². The Morgan fingerprint density at radius 2 is 1.68 bits per heavy atom. The molecule has 5 heteroatoms. The zero-order chi connectivity index (χ0) is 16.3. The molecule has 2 rings (SSSR count). The number of anilines is 1. The summed E-state index contributed by atoms with van der Waals surface area (Å²) in [6.07, 6.45) is 0. The van der Waals surface area contributed by atoms with E-state index >= 15 is 0 Å². The summed E-state index contributed by atoms with van der Waals surface area (Å²) in [6, 6.07) is 11.1. The smallest absolute Gasteiger partial charge is 0.319 e. The Bertz CT molecular complexity index is 663. The van der Waals surface area contributed by atoms with E-state index in [1.807, 2.05) is 57.2 Å². The van der Waals surface area contributed by atoms with Crippen LogP contribution >= 0.6 is 27.5 Å². The third-order valence-electron chi connectivity index (χ3n) is 3.45. The number of nitrogens with one attached hydrogen (secondary N) is 2. The predicted octanol–water partition coefficient (Wildman–Crippen LogP) is 5.60. The van der Waals surface area contributed by atoms with Gasteiger partial charge in [0.15, 0.2) is 0 Å². The maximum atomic E-state index is 12.2. The van der Waals surface area contributed by atoms with Crippen LogP contribution in [0, 0.1) is 13.8 Å². The van der Waals surface area contributed by atoms with Crippen molar-refractivity contribution in [3.8, 4) is 0 Å². The summed E-state index contributed by atoms with van der Waals surface area (Å²) in [5.74, 6) is 0. The fourth-order valence-corrected chi connectivity index (χ4v) is 3.10. The van der Waals surface area contributed by atoms with Crippen LogP contribution in [-0.4, -0.2) is 6.03 Å². The van der Waals surface area contributed by atoms with Gasteiger partial charge >= 0.3 is 6.03 Å². The highest BCUT2D eigenvalue weighted by Crippen LogP contribution is 2.25. The number of amides is 2. The second-order valence-electron chi connectivity index (χ2n) is 5.29. The molecule has 0 aliphatic carbocycles. The molecular formula is C17H18BrClN2O. The van der Waals surface area contributed by atoms with Gasteiger partial charge in [-0.25, -0.2) is 4.79 Å². The van der Waals surface area contributed by atoms with E-state index in [0.717, 1.165) is 26.9 Å². The van der Waals surface area contributed by atoms with E-state index < -0.39 is 0 Å². The van der Waals surface area contributed by atoms with E-state index in [0.29, 0.717) is 5.02 Å². The topological polar surface area (TPSA) is 41.1 Å². The molecule has 0 saturated heterocycles. The molecule has 0 bridgehead atoms. The molecule has 0 fully saturated rings. The SMILES string of the molecule is Cc1cc(Br)cc(C)c1NC(=O)NC(C)c1ccc(Cl)cc1. The molecule has 22 heavy (non-hydrogen) atoms. The molecule has 3 nitrogen and oxygen atoms in total. The zero-order valence-electron chi connectivity index (χ0n) is 12.7. The summed E-state index contributed by atoms with van der Waals surface area (Å²) in [4.78, 5) is 12.2. The Hall–Kier alpha value is -1.52. The molecule has 2 N–H and O–H groups in total. The average molecular weight is 382 g/mol. The van der Waals surface area contributed by atoms with E-state index in [9.17, 15) is 4.79 Å². The minimum atomic E-state index is -0.226. The van der Waals surface area contributed by atoms with Crippen LogP contribution in [0.1, 0.15) is 29.7 Å². The summed E-state index contributed by atoms with van der Waals surface area (Å²) in [7, 11) is 0. The van der Waals surface area contributed by atoms with Crippen molar-refractivity contribution in [3.05, 3.63) is 62.6 Å². The van der Waals surface area contributed by atoms with Gasteiger partial charge in [0.2, 0.25) is 0 Å². The number of hydrogen-bond donors (Lipinski definition) is 2. The second kappa shape index (κ2) is 7.16. The number of carbonyl (C=O) groups is 1. The number of hydrogen-bond acceptors (Lipinski definition) is 1. The van der Waals surface area contributed by atoms with Gasteiger partial charge in [0.25, 0.3) is 0 Å². The average Bonchev–Trinajstić information content (AvgIpc) is 2.43. The summed E-state index contributed by atoms with van der Waals surface area (Å²) in [6.45, 7) is 5.87. The zero-order valence-corrected chi connectivity index (χ0v) is 15.0. The molecule has 1 atom stereocenters. The van der Waals surface area contributed by atoms with E-state index in [4.69, 9.17) is 11.6 Å². The van der Waals surface area contributed by atoms with E-state index in [1.165, 1.54) is 0 Å². The van der Waals surface area contributed by atoms with Gasteiger partial charge in [0.1, 0.15) is 0 Å². The molecule has 0 aromatic heterocycles. The molecule has 2 aromatic rings. The minimum absolute atomic E-state index is 0.103. The van der Waals surface area contributed by atoms with Crippen LogP contribution in [0.3, 0.4) is 0 Å². The van der Waals surface area contributed by atoms with Crippen LogP contribution in [0.15, 0.2) is 40.9 Å². The van der Waals surface area contributed by atoms with E-state index in [-0.39, 0.29) is 12.1 Å². The van der Waals surface area contributed by atoms with Crippen molar-refractivity contribution < 1.29 is 4.79 Å². The lowest BCUT2D eigenvalue weighted by molar-refractivity contribution is 0.249. The van der Waals surface area contributed by atoms with Gasteiger partial charge < -0.3 is 10.6 Å². The van der Waals surface area contributed by atoms with Crippen molar-refractivity contribution >= 4 is 39.2 Å². The first-order chi connectivity index (χ1) is 10.4. The Kier molecular flexibility index (Phi) is 5.48. The molecule has 1 unspecified atom stereocenters. The highest BCUT2D eigenvalue weighted by Gasteiger charge is 2.12. The molecule has 0 aliphatic rings. The second-order valence-corrected chi connectivity index (χ2v) is 6.64. The fourth-order valence-electron chi connectivity index (χ4n) is 2.29. The van der Waals surface area contributed by atoms with Gasteiger partial charge in [-0.15, -0.1) is 0 Å². The summed E-state index contributed by atoms with van der Waals surface area (Å²) >= 11 is 9.32. The van der Waals surface area contributed by atoms with Crippen LogP contribution in [-0.2, 0) is 0 Å². The van der Waals surface area contributed by atoms with Crippen molar-refractivity contribution in [1.82, 2.24) is 5.32 Å². The quantitative estimate of drug-likeness (QED) is 0.713. The van der Waals surface area contributed by atoms with Crippen molar-refractivity contribution in [2.45, 2.75) is 26.8 Å². The van der Waals surface area contributed by atoms with Crippen molar-refractivity contribution in [1.29, 1.82) is 0 Å². The molecular weight excluding hydrogens is 364 g/mol. The maximum absolute atomic E-state index is 12.2. The lowest BCUT2D eigenvalue weighted by Gasteiger charge is -2.17. The number of aryl methyl sites for hydroxylation is 2. The van der Waals surface area contributed by atoms with Crippen LogP contribution < -0.4 is 10.6 Å². The van der Waals surface area contributed by atoms with Gasteiger partial charge in [-0.3, -0.25) is 0 Å². The summed E-state index contributed by atoms with van der Waals surface area (Å²) in [5.41, 5.74) is 3.87. The van der Waals surface area contributed by atoms with Gasteiger partial charge in [-0.2, -0.15) is 0 Å². The van der Waals surface area contributed by atoms with Gasteiger partial charge in [0, 0.05) is 15.2 Å². The highest BCUT2D eigenvalue weighted by atomic mass is 79.9. The van der Waals surface area contributed by atoms with Crippen molar-refractivity contribution in [3.63, 3.8) is 0 Å². The third-order valence-corrected chi connectivity index (χ3v) is 4.16. The minimum Gasteiger partial charge on any atom is -0.331 e. The van der Waals surface area contributed by atoms with E-state index in [2.05, 4.69) is 26.6 Å². The molecule has 2 amide bonds. The van der Waals surface area contributed by atoms with E-state index in [1.54, 1.807) is 0 Å². The largest absolute Gasteiger partial charge is 0.331 e. The Morgan fingerprint density at radius 1 is 1.14 bits per heavy atom. The molecule has 0 radical (unpaired) electrons. The van der Waals surface area contributed by atoms with Gasteiger partial charge in [-0.05, 0) is 61.7 Å². The normalized spacial score (nSPS) is 11.9. The van der Waals surface area contributed by atoms with Crippen LogP contribution in [0.25, 0.3) is 0 Å². The Balaban J connectivity index is 2.05. The highest BCUT2D eigenvalue weighted by molar-refractivity contribution is 9.10. The molecule has 0 spiro atoms. The lowest BCUT2D eigenvalue weighted by Crippen LogP contribution is -2.31. The standard InChI is InChI=1S/C17H18BrClN2O/c1-10-8-14(18)9-11(2)16(10)21-17(22)20-12(3)13-4-6-15(19)7-5-13/h4-9,12H,1-3H3,(H2,20,21,22). The molecule has 0 heterocycles. The van der Waals surface area contributed by atoms with Crippen LogP contribution in [0.2, 0.25) is 5.02 Å². The number of halogens is 2. The van der Waals surface area contributed by atoms with Crippen molar-refractivity contribution in [2.75, 3.05) is 5.32 Å². The summed E-state index contributed by atoms with van der Waals surface area (Å²) in [5, 5.41) is 6.53. The molecule has 2 aromatic carbocycles.